The van der Waals surface area contributed by atoms with Crippen LogP contribution in [-0.2, 0) is 16.1 Å². The fourth-order valence-electron chi connectivity index (χ4n) is 2.34. The molecule has 0 saturated carbocycles. The Morgan fingerprint density at radius 2 is 1.75 bits per heavy atom. The zero-order chi connectivity index (χ0) is 20.3. The van der Waals surface area contributed by atoms with Crippen LogP contribution >= 0.6 is 46.4 Å². The van der Waals surface area contributed by atoms with E-state index in [4.69, 9.17) is 55.9 Å². The van der Waals surface area contributed by atoms with Gasteiger partial charge in [0.2, 0.25) is 5.88 Å². The van der Waals surface area contributed by atoms with Gasteiger partial charge in [-0.3, -0.25) is 0 Å². The first-order valence-electron chi connectivity index (χ1n) is 8.13. The van der Waals surface area contributed by atoms with Crippen LogP contribution in [0.25, 0.3) is 5.69 Å². The number of aromatic nitrogens is 2. The van der Waals surface area contributed by atoms with E-state index in [2.05, 4.69) is 5.10 Å². The van der Waals surface area contributed by atoms with Crippen molar-refractivity contribution in [3.63, 3.8) is 0 Å². The summed E-state index contributed by atoms with van der Waals surface area (Å²) in [7, 11) is 0. The Bertz CT molecular complexity index is 992. The van der Waals surface area contributed by atoms with Crippen molar-refractivity contribution < 1.29 is 14.3 Å². The fraction of sp³-hybridized carbons (Fsp3) is 0.158. The maximum absolute atomic E-state index is 12.3. The smallest absolute Gasteiger partial charge is 0.347 e. The molecule has 0 aliphatic carbocycles. The van der Waals surface area contributed by atoms with Crippen molar-refractivity contribution in [1.82, 2.24) is 9.78 Å². The number of ether oxygens (including phenoxy) is 2. The monoisotopic (exact) mass is 458 g/mol. The molecule has 0 spiro atoms. The maximum atomic E-state index is 12.3. The molecule has 5 nitrogen and oxygen atoms in total. The predicted molar refractivity (Wildman–Crippen MR) is 110 cm³/mol. The van der Waals surface area contributed by atoms with Crippen LogP contribution in [0.2, 0.25) is 20.1 Å². The number of rotatable bonds is 6. The first-order chi connectivity index (χ1) is 13.4. The highest BCUT2D eigenvalue weighted by atomic mass is 35.5. The van der Waals surface area contributed by atoms with Crippen LogP contribution in [0.3, 0.4) is 0 Å². The maximum Gasteiger partial charge on any atom is 0.347 e. The first-order valence-corrected chi connectivity index (χ1v) is 9.64. The Morgan fingerprint density at radius 3 is 2.46 bits per heavy atom. The third-order valence-corrected chi connectivity index (χ3v) is 5.31. The summed E-state index contributed by atoms with van der Waals surface area (Å²) in [6.45, 7) is 1.69. The van der Waals surface area contributed by atoms with Crippen molar-refractivity contribution >= 4 is 52.4 Å². The molecule has 0 aliphatic heterocycles. The van der Waals surface area contributed by atoms with Crippen molar-refractivity contribution in [2.75, 3.05) is 0 Å². The fourth-order valence-corrected chi connectivity index (χ4v) is 3.11. The quantitative estimate of drug-likeness (QED) is 0.335. The van der Waals surface area contributed by atoms with Gasteiger partial charge in [0.15, 0.2) is 6.10 Å². The lowest BCUT2D eigenvalue weighted by Crippen LogP contribution is -2.27. The van der Waals surface area contributed by atoms with Gasteiger partial charge in [-0.2, -0.15) is 9.78 Å². The minimum absolute atomic E-state index is 0.131. The molecule has 0 radical (unpaired) electrons. The van der Waals surface area contributed by atoms with Gasteiger partial charge in [0, 0.05) is 0 Å². The van der Waals surface area contributed by atoms with Crippen LogP contribution in [0.1, 0.15) is 12.5 Å². The molecule has 0 aliphatic rings. The van der Waals surface area contributed by atoms with E-state index < -0.39 is 12.1 Å². The molecular weight excluding hydrogens is 446 g/mol. The molecule has 0 bridgehead atoms. The molecule has 3 aromatic rings. The lowest BCUT2D eigenvalue weighted by Gasteiger charge is -2.16. The second kappa shape index (κ2) is 9.05. The highest BCUT2D eigenvalue weighted by Gasteiger charge is 2.23. The van der Waals surface area contributed by atoms with Gasteiger partial charge in [0.1, 0.15) is 11.6 Å². The third-order valence-electron chi connectivity index (χ3n) is 3.77. The van der Waals surface area contributed by atoms with E-state index in [1.165, 1.54) is 10.9 Å². The molecule has 0 saturated heterocycles. The van der Waals surface area contributed by atoms with E-state index in [1.807, 2.05) is 30.3 Å². The topological polar surface area (TPSA) is 53.4 Å². The molecule has 146 valence electrons. The number of hydrogen-bond acceptors (Lipinski definition) is 4. The van der Waals surface area contributed by atoms with Crippen LogP contribution < -0.4 is 4.74 Å². The van der Waals surface area contributed by atoms with Crippen LogP contribution in [0, 0.1) is 0 Å². The molecule has 1 aromatic heterocycles. The van der Waals surface area contributed by atoms with Crippen LogP contribution in [-0.4, -0.2) is 21.9 Å². The normalized spacial score (nSPS) is 11.9. The molecule has 1 unspecified atom stereocenters. The van der Waals surface area contributed by atoms with E-state index in [9.17, 15) is 4.79 Å². The van der Waals surface area contributed by atoms with Crippen molar-refractivity contribution in [2.45, 2.75) is 19.6 Å². The Balaban J connectivity index is 1.77. The number of carbonyl (C=O) groups excluding carboxylic acids is 1. The predicted octanol–water partition coefficient (Wildman–Crippen LogP) is 6.00. The van der Waals surface area contributed by atoms with Gasteiger partial charge in [-0.05, 0) is 24.6 Å². The van der Waals surface area contributed by atoms with Gasteiger partial charge in [-0.25, -0.2) is 4.79 Å². The summed E-state index contributed by atoms with van der Waals surface area (Å²) in [4.78, 5) is 12.3. The van der Waals surface area contributed by atoms with E-state index in [0.29, 0.717) is 10.7 Å². The number of esters is 1. The molecule has 1 heterocycles. The number of hydrogen-bond donors (Lipinski definition) is 0. The highest BCUT2D eigenvalue weighted by molar-refractivity contribution is 6.48. The number of carbonyl (C=O) groups is 1. The average molecular weight is 460 g/mol. The van der Waals surface area contributed by atoms with E-state index in [0.717, 1.165) is 5.56 Å². The standard InChI is InChI=1S/C19H14Cl4N2O3/c1-11(19(26)27-10-12-5-3-2-4-6-12)28-18-14(21)9-24-25(18)15-8-7-13(20)16(22)17(15)23/h2-9,11H,10H2,1H3. The molecule has 3 rings (SSSR count). The Hall–Kier alpha value is -1.92. The Kier molecular flexibility index (Phi) is 6.73. The molecular formula is C19H14Cl4N2O3. The van der Waals surface area contributed by atoms with Gasteiger partial charge < -0.3 is 9.47 Å². The molecule has 1 atom stereocenters. The number of benzene rings is 2. The first kappa shape index (κ1) is 20.8. The van der Waals surface area contributed by atoms with Crippen LogP contribution in [0.4, 0.5) is 0 Å². The molecule has 0 fully saturated rings. The van der Waals surface area contributed by atoms with E-state index in [-0.39, 0.29) is 27.6 Å². The summed E-state index contributed by atoms with van der Waals surface area (Å²) >= 11 is 24.5. The number of nitrogens with zero attached hydrogens (tertiary/aromatic N) is 2. The van der Waals surface area contributed by atoms with Crippen LogP contribution in [0.15, 0.2) is 48.7 Å². The summed E-state index contributed by atoms with van der Waals surface area (Å²) in [6, 6.07) is 12.5. The lowest BCUT2D eigenvalue weighted by molar-refractivity contribution is -0.152. The summed E-state index contributed by atoms with van der Waals surface area (Å²) in [5.41, 5.74) is 1.27. The lowest BCUT2D eigenvalue weighted by atomic mass is 10.2. The van der Waals surface area contributed by atoms with Crippen molar-refractivity contribution in [3.05, 3.63) is 74.3 Å². The van der Waals surface area contributed by atoms with Gasteiger partial charge in [0.05, 0.1) is 27.0 Å². The minimum Gasteiger partial charge on any atom is -0.461 e. The third kappa shape index (κ3) is 4.55. The van der Waals surface area contributed by atoms with Crippen molar-refractivity contribution in [1.29, 1.82) is 0 Å². The summed E-state index contributed by atoms with van der Waals surface area (Å²) in [6.07, 6.45) is 0.441. The molecule has 2 aromatic carbocycles. The minimum atomic E-state index is -0.932. The number of halogens is 4. The van der Waals surface area contributed by atoms with E-state index >= 15 is 0 Å². The van der Waals surface area contributed by atoms with Gasteiger partial charge in [0.25, 0.3) is 0 Å². The molecule has 9 heteroatoms. The Labute approximate surface area is 181 Å². The molecule has 0 amide bonds. The van der Waals surface area contributed by atoms with E-state index in [1.54, 1.807) is 19.1 Å². The van der Waals surface area contributed by atoms with Gasteiger partial charge in [-0.15, -0.1) is 0 Å². The zero-order valence-corrected chi connectivity index (χ0v) is 17.6. The zero-order valence-electron chi connectivity index (χ0n) is 14.5. The molecule has 0 N–H and O–H groups in total. The SMILES string of the molecule is CC(Oc1c(Cl)cnn1-c1ccc(Cl)c(Cl)c1Cl)C(=O)OCc1ccccc1. The largest absolute Gasteiger partial charge is 0.461 e. The van der Waals surface area contributed by atoms with Crippen molar-refractivity contribution in [3.8, 4) is 11.6 Å². The van der Waals surface area contributed by atoms with Gasteiger partial charge >= 0.3 is 5.97 Å². The average Bonchev–Trinajstić information content (AvgIpc) is 3.05. The summed E-state index contributed by atoms with van der Waals surface area (Å²) in [5, 5.41) is 5.00. The second-order valence-electron chi connectivity index (χ2n) is 5.76. The Morgan fingerprint density at radius 1 is 1.04 bits per heavy atom. The highest BCUT2D eigenvalue weighted by Crippen LogP contribution is 2.37. The van der Waals surface area contributed by atoms with Crippen LogP contribution in [0.5, 0.6) is 5.88 Å². The van der Waals surface area contributed by atoms with Gasteiger partial charge in [-0.1, -0.05) is 76.7 Å². The summed E-state index contributed by atoms with van der Waals surface area (Å²) < 4.78 is 12.3. The second-order valence-corrected chi connectivity index (χ2v) is 7.33. The summed E-state index contributed by atoms with van der Waals surface area (Å²) in [5.74, 6) is -0.418. The molecule has 28 heavy (non-hydrogen) atoms. The van der Waals surface area contributed by atoms with Crippen molar-refractivity contribution in [2.24, 2.45) is 0 Å².